The van der Waals surface area contributed by atoms with Crippen molar-refractivity contribution in [3.63, 3.8) is 0 Å². The minimum absolute atomic E-state index is 0.0274. The summed E-state index contributed by atoms with van der Waals surface area (Å²) in [6.45, 7) is 4.57. The number of pyridine rings is 1. The fourth-order valence-corrected chi connectivity index (χ4v) is 2.57. The van der Waals surface area contributed by atoms with Crippen molar-refractivity contribution in [1.82, 2.24) is 9.88 Å². The normalized spacial score (nSPS) is 19.3. The molecule has 21 heavy (non-hydrogen) atoms. The smallest absolute Gasteiger partial charge is 0.319 e. The van der Waals surface area contributed by atoms with E-state index in [4.69, 9.17) is 4.74 Å². The van der Waals surface area contributed by atoms with Gasteiger partial charge in [-0.15, -0.1) is 0 Å². The summed E-state index contributed by atoms with van der Waals surface area (Å²) in [4.78, 5) is 24.2. The van der Waals surface area contributed by atoms with Crippen LogP contribution in [0.5, 0.6) is 0 Å². The lowest BCUT2D eigenvalue weighted by atomic mass is 10.1. The van der Waals surface area contributed by atoms with Crippen LogP contribution in [0.3, 0.4) is 0 Å². The van der Waals surface area contributed by atoms with Crippen LogP contribution in [0.2, 0.25) is 0 Å². The van der Waals surface area contributed by atoms with Gasteiger partial charge in [-0.05, 0) is 37.8 Å². The Morgan fingerprint density at radius 1 is 1.57 bits per heavy atom. The molecule has 2 heterocycles. The van der Waals surface area contributed by atoms with Gasteiger partial charge in [-0.3, -0.25) is 4.79 Å². The molecule has 1 aromatic heterocycles. The maximum Gasteiger partial charge on any atom is 0.319 e. The van der Waals surface area contributed by atoms with Crippen molar-refractivity contribution in [3.05, 3.63) is 28.2 Å². The van der Waals surface area contributed by atoms with Gasteiger partial charge in [-0.1, -0.05) is 6.92 Å². The number of aromatic nitrogens is 1. The zero-order valence-corrected chi connectivity index (χ0v) is 12.8. The summed E-state index contributed by atoms with van der Waals surface area (Å²) < 4.78 is 7.06. The molecule has 0 saturated carbocycles. The van der Waals surface area contributed by atoms with Gasteiger partial charge >= 0.3 is 6.03 Å². The minimum Gasteiger partial charge on any atom is -0.376 e. The number of nitrogens with one attached hydrogen (secondary N) is 2. The summed E-state index contributed by atoms with van der Waals surface area (Å²) in [6, 6.07) is 1.41. The van der Waals surface area contributed by atoms with Crippen LogP contribution in [-0.2, 0) is 11.8 Å². The fourth-order valence-electron chi connectivity index (χ4n) is 2.57. The first-order chi connectivity index (χ1) is 10.0. The molecule has 6 nitrogen and oxygen atoms in total. The molecule has 2 atom stereocenters. The Kier molecular flexibility index (Phi) is 5.01. The second kappa shape index (κ2) is 6.76. The Bertz CT molecular complexity index is 562. The molecular formula is C15H23N3O3. The molecule has 0 radical (unpaired) electrons. The first-order valence-electron chi connectivity index (χ1n) is 7.38. The third-order valence-corrected chi connectivity index (χ3v) is 3.89. The molecule has 2 N–H and O–H groups in total. The topological polar surface area (TPSA) is 72.4 Å². The number of amides is 2. The average Bonchev–Trinajstić information content (AvgIpc) is 2.99. The molecule has 0 aromatic carbocycles. The molecule has 1 fully saturated rings. The number of carbonyl (C=O) groups excluding carboxylic acids is 1. The van der Waals surface area contributed by atoms with Crippen LogP contribution in [0.15, 0.2) is 17.1 Å². The van der Waals surface area contributed by atoms with Crippen LogP contribution >= 0.6 is 0 Å². The fraction of sp³-hybridized carbons (Fsp3) is 0.600. The predicted octanol–water partition coefficient (Wildman–Crippen LogP) is 1.77. The van der Waals surface area contributed by atoms with Crippen molar-refractivity contribution in [3.8, 4) is 0 Å². The van der Waals surface area contributed by atoms with Crippen LogP contribution in [0, 0.1) is 6.92 Å². The van der Waals surface area contributed by atoms with Crippen molar-refractivity contribution in [1.29, 1.82) is 0 Å². The zero-order valence-electron chi connectivity index (χ0n) is 12.8. The molecule has 6 heteroatoms. The van der Waals surface area contributed by atoms with E-state index in [0.717, 1.165) is 31.4 Å². The highest BCUT2D eigenvalue weighted by Gasteiger charge is 2.26. The van der Waals surface area contributed by atoms with E-state index in [1.807, 2.05) is 6.92 Å². The summed E-state index contributed by atoms with van der Waals surface area (Å²) >= 11 is 0. The van der Waals surface area contributed by atoms with E-state index in [1.165, 1.54) is 4.57 Å². The summed E-state index contributed by atoms with van der Waals surface area (Å²) in [5.74, 6) is 0. The van der Waals surface area contributed by atoms with Crippen LogP contribution in [0.1, 0.15) is 31.7 Å². The van der Waals surface area contributed by atoms with Gasteiger partial charge in [0.25, 0.3) is 5.56 Å². The maximum atomic E-state index is 12.1. The van der Waals surface area contributed by atoms with E-state index in [2.05, 4.69) is 10.6 Å². The molecular weight excluding hydrogens is 270 g/mol. The number of hydrogen-bond donors (Lipinski definition) is 2. The van der Waals surface area contributed by atoms with Gasteiger partial charge < -0.3 is 19.9 Å². The summed E-state index contributed by atoms with van der Waals surface area (Å²) in [7, 11) is 1.66. The molecule has 0 unspecified atom stereocenters. The van der Waals surface area contributed by atoms with E-state index in [1.54, 1.807) is 26.2 Å². The van der Waals surface area contributed by atoms with Crippen molar-refractivity contribution >= 4 is 11.7 Å². The molecule has 1 aliphatic rings. The second-order valence-electron chi connectivity index (χ2n) is 5.45. The maximum absolute atomic E-state index is 12.1. The molecule has 0 aliphatic carbocycles. The van der Waals surface area contributed by atoms with Crippen molar-refractivity contribution in [2.75, 3.05) is 11.9 Å². The van der Waals surface area contributed by atoms with Gasteiger partial charge in [-0.25, -0.2) is 4.79 Å². The lowest BCUT2D eigenvalue weighted by Crippen LogP contribution is -2.45. The summed E-state index contributed by atoms with van der Waals surface area (Å²) in [6.07, 6.45) is 4.54. The number of urea groups is 1. The van der Waals surface area contributed by atoms with E-state index < -0.39 is 0 Å². The van der Waals surface area contributed by atoms with E-state index >= 15 is 0 Å². The van der Waals surface area contributed by atoms with Gasteiger partial charge in [0.2, 0.25) is 0 Å². The highest BCUT2D eigenvalue weighted by Crippen LogP contribution is 2.17. The van der Waals surface area contributed by atoms with E-state index in [-0.39, 0.29) is 23.7 Å². The molecule has 2 amide bonds. The van der Waals surface area contributed by atoms with Crippen molar-refractivity contribution < 1.29 is 9.53 Å². The Balaban J connectivity index is 2.04. The molecule has 0 spiro atoms. The number of hydrogen-bond acceptors (Lipinski definition) is 3. The molecule has 1 saturated heterocycles. The molecule has 1 aliphatic heterocycles. The van der Waals surface area contributed by atoms with Gasteiger partial charge in [0.05, 0.1) is 12.1 Å². The molecule has 116 valence electrons. The Morgan fingerprint density at radius 2 is 2.33 bits per heavy atom. The van der Waals surface area contributed by atoms with Crippen LogP contribution in [0.4, 0.5) is 10.5 Å². The Hall–Kier alpha value is -1.82. The second-order valence-corrected chi connectivity index (χ2v) is 5.45. The van der Waals surface area contributed by atoms with Crippen LogP contribution in [0.25, 0.3) is 0 Å². The Morgan fingerprint density at radius 3 is 2.95 bits per heavy atom. The van der Waals surface area contributed by atoms with Crippen LogP contribution < -0.4 is 16.2 Å². The molecule has 1 aromatic rings. The number of rotatable bonds is 4. The third-order valence-electron chi connectivity index (χ3n) is 3.89. The van der Waals surface area contributed by atoms with E-state index in [0.29, 0.717) is 5.69 Å². The zero-order chi connectivity index (χ0) is 15.4. The van der Waals surface area contributed by atoms with Crippen molar-refractivity contribution in [2.24, 2.45) is 7.05 Å². The summed E-state index contributed by atoms with van der Waals surface area (Å²) in [5.41, 5.74) is 0.855. The molecule has 0 bridgehead atoms. The van der Waals surface area contributed by atoms with Gasteiger partial charge in [0.15, 0.2) is 0 Å². The van der Waals surface area contributed by atoms with Gasteiger partial charge in [0.1, 0.15) is 5.69 Å². The third kappa shape index (κ3) is 3.64. The first kappa shape index (κ1) is 15.6. The van der Waals surface area contributed by atoms with Gasteiger partial charge in [0, 0.05) is 19.9 Å². The van der Waals surface area contributed by atoms with E-state index in [9.17, 15) is 9.59 Å². The number of carbonyl (C=O) groups is 1. The van der Waals surface area contributed by atoms with Crippen molar-refractivity contribution in [2.45, 2.75) is 45.3 Å². The number of nitrogens with zero attached hydrogens (tertiary/aromatic N) is 1. The monoisotopic (exact) mass is 293 g/mol. The average molecular weight is 293 g/mol. The predicted molar refractivity (Wildman–Crippen MR) is 81.6 cm³/mol. The van der Waals surface area contributed by atoms with Gasteiger partial charge in [-0.2, -0.15) is 0 Å². The SMILES string of the molecule is CC[C@@H](NC(=O)Nc1c(C)ccn(C)c1=O)[C@H]1CCCO1. The first-order valence-corrected chi connectivity index (χ1v) is 7.38. The number of ether oxygens (including phenoxy) is 1. The highest BCUT2D eigenvalue weighted by atomic mass is 16.5. The largest absolute Gasteiger partial charge is 0.376 e. The standard InChI is InChI=1S/C15H23N3O3/c1-4-11(12-6-5-9-21-12)16-15(20)17-13-10(2)7-8-18(3)14(13)19/h7-8,11-12H,4-6,9H2,1-3H3,(H2,16,17,20)/t11-,12-/m1/s1. The lowest BCUT2D eigenvalue weighted by Gasteiger charge is -2.23. The minimum atomic E-state index is -0.358. The van der Waals surface area contributed by atoms with Crippen LogP contribution in [-0.4, -0.2) is 29.4 Å². The Labute approximate surface area is 124 Å². The number of aryl methyl sites for hydroxylation is 2. The quantitative estimate of drug-likeness (QED) is 0.888. The number of anilines is 1. The highest BCUT2D eigenvalue weighted by molar-refractivity contribution is 5.90. The molecule has 2 rings (SSSR count). The lowest BCUT2D eigenvalue weighted by molar-refractivity contribution is 0.0804. The summed E-state index contributed by atoms with van der Waals surface area (Å²) in [5, 5.41) is 5.58.